The zero-order valence-corrected chi connectivity index (χ0v) is 43.5. The van der Waals surface area contributed by atoms with Crippen LogP contribution >= 0.6 is 0 Å². The van der Waals surface area contributed by atoms with E-state index in [1.807, 2.05) is 6.08 Å². The molecule has 0 spiro atoms. The minimum atomic E-state index is -0.856. The highest BCUT2D eigenvalue weighted by molar-refractivity contribution is 5.76. The van der Waals surface area contributed by atoms with Crippen LogP contribution in [-0.4, -0.2) is 47.4 Å². The first kappa shape index (κ1) is 63.1. The standard InChI is InChI=1S/C59H111NO5/c1-3-5-7-9-11-13-15-17-18-19-20-21-22-25-28-31-35-39-43-47-51-57(62)56(55-61)60-58(63)52-48-44-40-36-32-29-26-23-24-27-30-34-38-42-46-50-54-65-59(64)53-49-45-41-37-33-16-14-12-10-8-6-4-2/h12,14,23,26,47,51,56-57,61-62H,3-11,13,15-22,24-25,27-46,48-50,52-55H2,1-2H3,(H,60,63)/b14-12-,26-23-,51-47+. The Balaban J connectivity index is 3.51. The van der Waals surface area contributed by atoms with Gasteiger partial charge in [0.15, 0.2) is 0 Å². The lowest BCUT2D eigenvalue weighted by Crippen LogP contribution is -2.45. The van der Waals surface area contributed by atoms with Gasteiger partial charge in [-0.3, -0.25) is 9.59 Å². The van der Waals surface area contributed by atoms with Crippen LogP contribution in [0.25, 0.3) is 0 Å². The largest absolute Gasteiger partial charge is 0.466 e. The molecule has 1 amide bonds. The number of nitrogens with one attached hydrogen (secondary N) is 1. The quantitative estimate of drug-likeness (QED) is 0.0321. The van der Waals surface area contributed by atoms with Crippen LogP contribution in [0.1, 0.15) is 303 Å². The Morgan fingerprint density at radius 1 is 0.415 bits per heavy atom. The number of aliphatic hydroxyl groups is 2. The number of hydrogen-bond donors (Lipinski definition) is 3. The van der Waals surface area contributed by atoms with E-state index in [9.17, 15) is 19.8 Å². The molecule has 0 aliphatic carbocycles. The van der Waals surface area contributed by atoms with Gasteiger partial charge in [0, 0.05) is 12.8 Å². The monoisotopic (exact) mass is 914 g/mol. The smallest absolute Gasteiger partial charge is 0.305 e. The van der Waals surface area contributed by atoms with Gasteiger partial charge >= 0.3 is 5.97 Å². The second-order valence-corrected chi connectivity index (χ2v) is 19.6. The molecule has 0 fully saturated rings. The van der Waals surface area contributed by atoms with Gasteiger partial charge in [0.2, 0.25) is 5.91 Å². The summed E-state index contributed by atoms with van der Waals surface area (Å²) < 4.78 is 5.45. The number of carbonyl (C=O) groups is 2. The highest BCUT2D eigenvalue weighted by atomic mass is 16.5. The molecular formula is C59H111NO5. The number of allylic oxidation sites excluding steroid dienone is 5. The maximum absolute atomic E-state index is 12.5. The molecule has 0 saturated heterocycles. The van der Waals surface area contributed by atoms with E-state index in [0.717, 1.165) is 64.2 Å². The Morgan fingerprint density at radius 3 is 1.12 bits per heavy atom. The zero-order valence-electron chi connectivity index (χ0n) is 43.5. The first-order chi connectivity index (χ1) is 32.0. The van der Waals surface area contributed by atoms with Gasteiger partial charge in [0.25, 0.3) is 0 Å². The number of rotatable bonds is 53. The van der Waals surface area contributed by atoms with E-state index in [0.29, 0.717) is 19.4 Å². The SMILES string of the molecule is CCCCC/C=C\CCCCCCCC(=O)OCCCCCCCCC/C=C\CCCCCCCC(=O)NC(CO)C(O)/C=C/CCCCCCCCCCCCCCCCCCCC. The molecule has 0 aromatic heterocycles. The zero-order chi connectivity index (χ0) is 47.2. The summed E-state index contributed by atoms with van der Waals surface area (Å²) >= 11 is 0. The maximum atomic E-state index is 12.5. The minimum absolute atomic E-state index is 0.0141. The minimum Gasteiger partial charge on any atom is -0.466 e. The molecular weight excluding hydrogens is 803 g/mol. The van der Waals surface area contributed by atoms with Crippen molar-refractivity contribution < 1.29 is 24.5 Å². The lowest BCUT2D eigenvalue weighted by Gasteiger charge is -2.20. The van der Waals surface area contributed by atoms with Crippen molar-refractivity contribution in [3.63, 3.8) is 0 Å². The van der Waals surface area contributed by atoms with Crippen molar-refractivity contribution >= 4 is 11.9 Å². The molecule has 0 radical (unpaired) electrons. The first-order valence-electron chi connectivity index (χ1n) is 28.8. The number of hydrogen-bond acceptors (Lipinski definition) is 5. The molecule has 0 rings (SSSR count). The van der Waals surface area contributed by atoms with Crippen LogP contribution in [-0.2, 0) is 14.3 Å². The maximum Gasteiger partial charge on any atom is 0.305 e. The fourth-order valence-electron chi connectivity index (χ4n) is 8.68. The van der Waals surface area contributed by atoms with Crippen LogP contribution in [0.15, 0.2) is 36.5 Å². The van der Waals surface area contributed by atoms with E-state index in [-0.39, 0.29) is 18.5 Å². The number of unbranched alkanes of at least 4 members (excludes halogenated alkanes) is 38. The van der Waals surface area contributed by atoms with Gasteiger partial charge in [-0.1, -0.05) is 243 Å². The van der Waals surface area contributed by atoms with Crippen molar-refractivity contribution in [3.05, 3.63) is 36.5 Å². The Labute approximate surface area is 404 Å². The van der Waals surface area contributed by atoms with Gasteiger partial charge in [0.1, 0.15) is 0 Å². The predicted octanol–water partition coefficient (Wildman–Crippen LogP) is 17.6. The third-order valence-corrected chi connectivity index (χ3v) is 13.1. The Bertz CT molecular complexity index is 1060. The van der Waals surface area contributed by atoms with Crippen LogP contribution in [0.5, 0.6) is 0 Å². The summed E-state index contributed by atoms with van der Waals surface area (Å²) in [6.45, 7) is 4.86. The lowest BCUT2D eigenvalue weighted by atomic mass is 10.0. The summed E-state index contributed by atoms with van der Waals surface area (Å²) in [4.78, 5) is 24.5. The molecule has 2 atom stereocenters. The Hall–Kier alpha value is -1.92. The second kappa shape index (κ2) is 54.7. The molecule has 6 nitrogen and oxygen atoms in total. The van der Waals surface area contributed by atoms with E-state index < -0.39 is 12.1 Å². The van der Waals surface area contributed by atoms with Gasteiger partial charge in [0.05, 0.1) is 25.4 Å². The van der Waals surface area contributed by atoms with Crippen molar-refractivity contribution in [2.24, 2.45) is 0 Å². The van der Waals surface area contributed by atoms with Crippen molar-refractivity contribution in [3.8, 4) is 0 Å². The highest BCUT2D eigenvalue weighted by Crippen LogP contribution is 2.16. The van der Waals surface area contributed by atoms with Crippen LogP contribution in [0, 0.1) is 0 Å². The molecule has 6 heteroatoms. The normalized spacial score (nSPS) is 12.9. The molecule has 0 aliphatic heterocycles. The van der Waals surface area contributed by atoms with Crippen LogP contribution < -0.4 is 5.32 Å². The molecule has 0 saturated carbocycles. The van der Waals surface area contributed by atoms with Gasteiger partial charge in [-0.05, 0) is 83.5 Å². The third-order valence-electron chi connectivity index (χ3n) is 13.1. The van der Waals surface area contributed by atoms with Crippen LogP contribution in [0.4, 0.5) is 0 Å². The predicted molar refractivity (Wildman–Crippen MR) is 283 cm³/mol. The van der Waals surface area contributed by atoms with E-state index in [4.69, 9.17) is 4.74 Å². The van der Waals surface area contributed by atoms with E-state index in [1.165, 1.54) is 212 Å². The summed E-state index contributed by atoms with van der Waals surface area (Å²) in [7, 11) is 0. The van der Waals surface area contributed by atoms with Crippen molar-refractivity contribution in [2.75, 3.05) is 13.2 Å². The fourth-order valence-corrected chi connectivity index (χ4v) is 8.68. The summed E-state index contributed by atoms with van der Waals surface area (Å²) in [5.41, 5.74) is 0. The molecule has 0 bridgehead atoms. The average Bonchev–Trinajstić information content (AvgIpc) is 3.31. The summed E-state index contributed by atoms with van der Waals surface area (Å²) in [5.74, 6) is -0.0978. The summed E-state index contributed by atoms with van der Waals surface area (Å²) in [6, 6.07) is -0.641. The molecule has 0 aromatic rings. The van der Waals surface area contributed by atoms with Crippen molar-refractivity contribution in [1.82, 2.24) is 5.32 Å². The van der Waals surface area contributed by atoms with E-state index in [2.05, 4.69) is 43.5 Å². The van der Waals surface area contributed by atoms with Gasteiger partial charge < -0.3 is 20.3 Å². The number of ether oxygens (including phenoxy) is 1. The van der Waals surface area contributed by atoms with Gasteiger partial charge in [-0.15, -0.1) is 0 Å². The van der Waals surface area contributed by atoms with Crippen LogP contribution in [0.3, 0.4) is 0 Å². The number of aliphatic hydroxyl groups excluding tert-OH is 2. The first-order valence-corrected chi connectivity index (χ1v) is 28.8. The average molecular weight is 915 g/mol. The summed E-state index contributed by atoms with van der Waals surface area (Å²) in [5, 5.41) is 23.1. The Morgan fingerprint density at radius 2 is 0.723 bits per heavy atom. The third kappa shape index (κ3) is 51.3. The molecule has 0 aliphatic rings. The second-order valence-electron chi connectivity index (χ2n) is 19.6. The molecule has 65 heavy (non-hydrogen) atoms. The van der Waals surface area contributed by atoms with Crippen molar-refractivity contribution in [1.29, 1.82) is 0 Å². The van der Waals surface area contributed by atoms with E-state index in [1.54, 1.807) is 6.08 Å². The number of amides is 1. The topological polar surface area (TPSA) is 95.9 Å². The fraction of sp³-hybridized carbons (Fsp3) is 0.864. The highest BCUT2D eigenvalue weighted by Gasteiger charge is 2.18. The summed E-state index contributed by atoms with van der Waals surface area (Å²) in [6.07, 6.45) is 67.3. The van der Waals surface area contributed by atoms with E-state index >= 15 is 0 Å². The van der Waals surface area contributed by atoms with Crippen LogP contribution in [0.2, 0.25) is 0 Å². The van der Waals surface area contributed by atoms with Gasteiger partial charge in [-0.25, -0.2) is 0 Å². The molecule has 0 aromatic carbocycles. The number of carbonyl (C=O) groups excluding carboxylic acids is 2. The lowest BCUT2D eigenvalue weighted by molar-refractivity contribution is -0.143. The molecule has 0 heterocycles. The molecule has 2 unspecified atom stereocenters. The molecule has 3 N–H and O–H groups in total. The number of esters is 1. The molecule has 382 valence electrons. The Kier molecular flexibility index (Phi) is 53.1. The van der Waals surface area contributed by atoms with Crippen molar-refractivity contribution in [2.45, 2.75) is 315 Å². The van der Waals surface area contributed by atoms with Gasteiger partial charge in [-0.2, -0.15) is 0 Å².